The maximum Gasteiger partial charge on any atom is 0.313 e. The van der Waals surface area contributed by atoms with Crippen LogP contribution in [0.15, 0.2) is 18.2 Å². The molecule has 1 rings (SSSR count). The van der Waals surface area contributed by atoms with Gasteiger partial charge in [-0.2, -0.15) is 0 Å². The highest BCUT2D eigenvalue weighted by molar-refractivity contribution is 5.80. The minimum Gasteiger partial charge on any atom is -0.481 e. The highest BCUT2D eigenvalue weighted by Gasteiger charge is 2.31. The number of aliphatic hydroxyl groups excluding tert-OH is 1. The molecule has 3 heteroatoms. The first kappa shape index (κ1) is 11.7. The van der Waals surface area contributed by atoms with Crippen molar-refractivity contribution in [1.82, 2.24) is 0 Å². The normalized spacial score (nSPS) is 11.5. The fourth-order valence-electron chi connectivity index (χ4n) is 1.53. The molecule has 0 saturated heterocycles. The van der Waals surface area contributed by atoms with Crippen LogP contribution < -0.4 is 0 Å². The maximum atomic E-state index is 11.1. The Morgan fingerprint density at radius 1 is 1.40 bits per heavy atom. The second kappa shape index (κ2) is 4.03. The number of aryl methyl sites for hydroxylation is 1. The van der Waals surface area contributed by atoms with Crippen LogP contribution in [-0.4, -0.2) is 16.2 Å². The van der Waals surface area contributed by atoms with Crippen LogP contribution in [0, 0.1) is 6.92 Å². The number of hydrogen-bond donors (Lipinski definition) is 2. The Morgan fingerprint density at radius 2 is 2.00 bits per heavy atom. The topological polar surface area (TPSA) is 57.5 Å². The SMILES string of the molecule is Cc1ccc(CO)c(C(C)(C)C(=O)O)c1. The first-order chi connectivity index (χ1) is 6.89. The summed E-state index contributed by atoms with van der Waals surface area (Å²) < 4.78 is 0. The van der Waals surface area contributed by atoms with E-state index in [0.717, 1.165) is 5.56 Å². The molecule has 0 aliphatic carbocycles. The van der Waals surface area contributed by atoms with Crippen molar-refractivity contribution in [3.05, 3.63) is 34.9 Å². The zero-order valence-electron chi connectivity index (χ0n) is 9.24. The van der Waals surface area contributed by atoms with E-state index in [4.69, 9.17) is 10.2 Å². The highest BCUT2D eigenvalue weighted by atomic mass is 16.4. The summed E-state index contributed by atoms with van der Waals surface area (Å²) in [5.74, 6) is -0.886. The molecular weight excluding hydrogens is 192 g/mol. The van der Waals surface area contributed by atoms with Gasteiger partial charge in [0.25, 0.3) is 0 Å². The molecule has 0 heterocycles. The van der Waals surface area contributed by atoms with Crippen molar-refractivity contribution in [3.63, 3.8) is 0 Å². The van der Waals surface area contributed by atoms with Crippen LogP contribution >= 0.6 is 0 Å². The third kappa shape index (κ3) is 2.18. The van der Waals surface area contributed by atoms with E-state index in [1.807, 2.05) is 19.1 Å². The van der Waals surface area contributed by atoms with Crippen LogP contribution in [0.5, 0.6) is 0 Å². The predicted molar refractivity (Wildman–Crippen MR) is 57.8 cm³/mol. The zero-order chi connectivity index (χ0) is 11.6. The molecule has 0 atom stereocenters. The molecule has 1 aromatic carbocycles. The quantitative estimate of drug-likeness (QED) is 0.797. The molecule has 0 spiro atoms. The number of carboxylic acids is 1. The summed E-state index contributed by atoms with van der Waals surface area (Å²) in [6.45, 7) is 5.06. The van der Waals surface area contributed by atoms with E-state index in [9.17, 15) is 4.79 Å². The van der Waals surface area contributed by atoms with Gasteiger partial charge in [0.2, 0.25) is 0 Å². The van der Waals surface area contributed by atoms with Gasteiger partial charge in [-0.05, 0) is 31.9 Å². The lowest BCUT2D eigenvalue weighted by molar-refractivity contribution is -0.142. The number of hydrogen-bond acceptors (Lipinski definition) is 2. The number of aliphatic hydroxyl groups is 1. The van der Waals surface area contributed by atoms with Crippen LogP contribution in [0.3, 0.4) is 0 Å². The fourth-order valence-corrected chi connectivity index (χ4v) is 1.53. The molecule has 0 amide bonds. The average Bonchev–Trinajstić information content (AvgIpc) is 2.17. The molecule has 0 aliphatic heterocycles. The van der Waals surface area contributed by atoms with Gasteiger partial charge in [0.1, 0.15) is 0 Å². The van der Waals surface area contributed by atoms with Crippen molar-refractivity contribution in [2.24, 2.45) is 0 Å². The Kier molecular flexibility index (Phi) is 3.15. The van der Waals surface area contributed by atoms with E-state index in [0.29, 0.717) is 11.1 Å². The predicted octanol–water partition coefficient (Wildman–Crippen LogP) is 1.85. The molecule has 1 aromatic rings. The van der Waals surface area contributed by atoms with Crippen LogP contribution in [0.4, 0.5) is 0 Å². The molecule has 0 fully saturated rings. The lowest BCUT2D eigenvalue weighted by atomic mass is 9.81. The van der Waals surface area contributed by atoms with Gasteiger partial charge in [-0.25, -0.2) is 0 Å². The Labute approximate surface area is 89.4 Å². The summed E-state index contributed by atoms with van der Waals surface area (Å²) in [6.07, 6.45) is 0. The number of carboxylic acid groups (broad SMARTS) is 1. The van der Waals surface area contributed by atoms with Gasteiger partial charge in [0, 0.05) is 0 Å². The molecule has 82 valence electrons. The third-order valence-electron chi connectivity index (χ3n) is 2.64. The van der Waals surface area contributed by atoms with Gasteiger partial charge in [0.05, 0.1) is 12.0 Å². The smallest absolute Gasteiger partial charge is 0.313 e. The van der Waals surface area contributed by atoms with Crippen molar-refractivity contribution in [2.45, 2.75) is 32.8 Å². The zero-order valence-corrected chi connectivity index (χ0v) is 9.24. The molecule has 0 aromatic heterocycles. The third-order valence-corrected chi connectivity index (χ3v) is 2.64. The van der Waals surface area contributed by atoms with Gasteiger partial charge in [-0.3, -0.25) is 4.79 Å². The summed E-state index contributed by atoms with van der Waals surface area (Å²) in [5.41, 5.74) is 1.38. The van der Waals surface area contributed by atoms with E-state index in [2.05, 4.69) is 0 Å². The summed E-state index contributed by atoms with van der Waals surface area (Å²) in [6, 6.07) is 5.46. The molecule has 3 nitrogen and oxygen atoms in total. The second-order valence-electron chi connectivity index (χ2n) is 4.25. The van der Waals surface area contributed by atoms with E-state index in [1.165, 1.54) is 0 Å². The molecule has 0 unspecified atom stereocenters. The summed E-state index contributed by atoms with van der Waals surface area (Å²) in [5, 5.41) is 18.3. The van der Waals surface area contributed by atoms with Crippen molar-refractivity contribution in [2.75, 3.05) is 0 Å². The van der Waals surface area contributed by atoms with Crippen LogP contribution in [-0.2, 0) is 16.8 Å². The molecule has 2 N–H and O–H groups in total. The van der Waals surface area contributed by atoms with Gasteiger partial charge in [-0.1, -0.05) is 23.8 Å². The Balaban J connectivity index is 3.34. The Morgan fingerprint density at radius 3 is 2.47 bits per heavy atom. The molecular formula is C12H16O3. The van der Waals surface area contributed by atoms with Gasteiger partial charge < -0.3 is 10.2 Å². The fraction of sp³-hybridized carbons (Fsp3) is 0.417. The van der Waals surface area contributed by atoms with Gasteiger partial charge in [0.15, 0.2) is 0 Å². The second-order valence-corrected chi connectivity index (χ2v) is 4.25. The lowest BCUT2D eigenvalue weighted by Gasteiger charge is -2.23. The van der Waals surface area contributed by atoms with E-state index in [-0.39, 0.29) is 6.61 Å². The maximum absolute atomic E-state index is 11.1. The Hall–Kier alpha value is -1.35. The summed E-state index contributed by atoms with van der Waals surface area (Å²) >= 11 is 0. The number of rotatable bonds is 3. The van der Waals surface area contributed by atoms with Crippen molar-refractivity contribution >= 4 is 5.97 Å². The van der Waals surface area contributed by atoms with Gasteiger partial charge in [-0.15, -0.1) is 0 Å². The van der Waals surface area contributed by atoms with Crippen LogP contribution in [0.25, 0.3) is 0 Å². The standard InChI is InChI=1S/C12H16O3/c1-8-4-5-9(7-13)10(6-8)12(2,3)11(14)15/h4-6,13H,7H2,1-3H3,(H,14,15). The van der Waals surface area contributed by atoms with Crippen molar-refractivity contribution in [1.29, 1.82) is 0 Å². The lowest BCUT2D eigenvalue weighted by Crippen LogP contribution is -2.30. The molecule has 0 saturated carbocycles. The number of carbonyl (C=O) groups is 1. The Bertz CT molecular complexity index is 380. The van der Waals surface area contributed by atoms with Crippen molar-refractivity contribution in [3.8, 4) is 0 Å². The van der Waals surface area contributed by atoms with Crippen molar-refractivity contribution < 1.29 is 15.0 Å². The first-order valence-electron chi connectivity index (χ1n) is 4.84. The molecule has 0 aliphatic rings. The monoisotopic (exact) mass is 208 g/mol. The van der Waals surface area contributed by atoms with Crippen LogP contribution in [0.2, 0.25) is 0 Å². The molecule has 15 heavy (non-hydrogen) atoms. The summed E-state index contributed by atoms with van der Waals surface area (Å²) in [7, 11) is 0. The minimum absolute atomic E-state index is 0.133. The highest BCUT2D eigenvalue weighted by Crippen LogP contribution is 2.27. The first-order valence-corrected chi connectivity index (χ1v) is 4.84. The molecule has 0 bridgehead atoms. The number of aliphatic carboxylic acids is 1. The van der Waals surface area contributed by atoms with Crippen LogP contribution in [0.1, 0.15) is 30.5 Å². The number of benzene rings is 1. The van der Waals surface area contributed by atoms with E-state index in [1.54, 1.807) is 19.9 Å². The minimum atomic E-state index is -0.968. The van der Waals surface area contributed by atoms with E-state index < -0.39 is 11.4 Å². The average molecular weight is 208 g/mol. The van der Waals surface area contributed by atoms with Gasteiger partial charge >= 0.3 is 5.97 Å². The largest absolute Gasteiger partial charge is 0.481 e. The molecule has 0 radical (unpaired) electrons. The summed E-state index contributed by atoms with van der Waals surface area (Å²) in [4.78, 5) is 11.1. The van der Waals surface area contributed by atoms with E-state index >= 15 is 0 Å².